The Kier molecular flexibility index (Phi) is 8.36. The van der Waals surface area contributed by atoms with Crippen LogP contribution in [0.15, 0.2) is 0 Å². The second-order valence-electron chi connectivity index (χ2n) is 6.78. The summed E-state index contributed by atoms with van der Waals surface area (Å²) in [6.45, 7) is 16.2. The monoisotopic (exact) mass is 287 g/mol. The fraction of sp³-hybridized carbons (Fsp3) is 0.938. The molecule has 20 heavy (non-hydrogen) atoms. The maximum Gasteiger partial charge on any atom is 0.326 e. The van der Waals surface area contributed by atoms with Crippen molar-refractivity contribution in [2.75, 3.05) is 19.8 Å². The van der Waals surface area contributed by atoms with Gasteiger partial charge in [0.1, 0.15) is 5.54 Å². The van der Waals surface area contributed by atoms with Crippen LogP contribution in [0.4, 0.5) is 0 Å². The normalized spacial score (nSPS) is 16.6. The van der Waals surface area contributed by atoms with Gasteiger partial charge in [-0.1, -0.05) is 27.7 Å². The van der Waals surface area contributed by atoms with Crippen molar-refractivity contribution in [3.05, 3.63) is 0 Å². The lowest BCUT2D eigenvalue weighted by Crippen LogP contribution is -2.52. The number of carbonyl (C=O) groups excluding carboxylic acids is 1. The smallest absolute Gasteiger partial charge is 0.326 e. The average molecular weight is 287 g/mol. The number of hydrogen-bond acceptors (Lipinski definition) is 4. The Morgan fingerprint density at radius 3 is 2.25 bits per heavy atom. The Morgan fingerprint density at radius 2 is 1.80 bits per heavy atom. The molecule has 2 atom stereocenters. The highest BCUT2D eigenvalue weighted by Gasteiger charge is 2.35. The van der Waals surface area contributed by atoms with Crippen LogP contribution in [0.5, 0.6) is 0 Å². The molecule has 0 rings (SSSR count). The zero-order valence-electron chi connectivity index (χ0n) is 14.3. The molecule has 0 amide bonds. The largest absolute Gasteiger partial charge is 0.465 e. The first-order valence-electron chi connectivity index (χ1n) is 7.68. The lowest BCUT2D eigenvalue weighted by atomic mass is 9.92. The summed E-state index contributed by atoms with van der Waals surface area (Å²) >= 11 is 0. The van der Waals surface area contributed by atoms with Crippen molar-refractivity contribution in [1.82, 2.24) is 5.32 Å². The van der Waals surface area contributed by atoms with Gasteiger partial charge >= 0.3 is 5.97 Å². The molecule has 120 valence electrons. The van der Waals surface area contributed by atoms with E-state index >= 15 is 0 Å². The molecule has 0 aliphatic carbocycles. The van der Waals surface area contributed by atoms with E-state index in [0.717, 1.165) is 19.6 Å². The minimum Gasteiger partial charge on any atom is -0.465 e. The van der Waals surface area contributed by atoms with E-state index < -0.39 is 5.54 Å². The zero-order chi connectivity index (χ0) is 15.8. The van der Waals surface area contributed by atoms with Crippen molar-refractivity contribution in [2.45, 2.75) is 73.0 Å². The Bertz CT molecular complexity index is 286. The second kappa shape index (κ2) is 8.63. The Balaban J connectivity index is 4.39. The summed E-state index contributed by atoms with van der Waals surface area (Å²) in [6, 6.07) is 0. The van der Waals surface area contributed by atoms with Crippen molar-refractivity contribution in [1.29, 1.82) is 0 Å². The maximum absolute atomic E-state index is 12.1. The molecule has 0 saturated heterocycles. The van der Waals surface area contributed by atoms with Gasteiger partial charge in [-0.3, -0.25) is 4.79 Å². The van der Waals surface area contributed by atoms with Crippen LogP contribution in [0.25, 0.3) is 0 Å². The molecule has 0 bridgehead atoms. The van der Waals surface area contributed by atoms with E-state index in [0.29, 0.717) is 13.0 Å². The first-order valence-corrected chi connectivity index (χ1v) is 7.68. The predicted molar refractivity (Wildman–Crippen MR) is 82.8 cm³/mol. The van der Waals surface area contributed by atoms with Gasteiger partial charge in [-0.15, -0.1) is 0 Å². The number of rotatable bonds is 9. The summed E-state index contributed by atoms with van der Waals surface area (Å²) in [5.41, 5.74) is -0.405. The van der Waals surface area contributed by atoms with Gasteiger partial charge in [-0.05, 0) is 39.2 Å². The first kappa shape index (κ1) is 19.4. The summed E-state index contributed by atoms with van der Waals surface area (Å²) < 4.78 is 11.0. The lowest BCUT2D eigenvalue weighted by Gasteiger charge is -2.31. The maximum atomic E-state index is 12.1. The van der Waals surface area contributed by atoms with Gasteiger partial charge < -0.3 is 14.8 Å². The molecule has 0 spiro atoms. The number of ether oxygens (including phenoxy) is 2. The van der Waals surface area contributed by atoms with E-state index in [1.807, 2.05) is 27.7 Å². The fourth-order valence-corrected chi connectivity index (χ4v) is 2.11. The Hall–Kier alpha value is -0.610. The Morgan fingerprint density at radius 1 is 1.20 bits per heavy atom. The van der Waals surface area contributed by atoms with Crippen LogP contribution >= 0.6 is 0 Å². The van der Waals surface area contributed by atoms with Gasteiger partial charge in [0.05, 0.1) is 12.7 Å². The van der Waals surface area contributed by atoms with Gasteiger partial charge in [0.15, 0.2) is 0 Å². The Labute approximate surface area is 124 Å². The molecule has 0 aliphatic rings. The van der Waals surface area contributed by atoms with E-state index in [9.17, 15) is 4.79 Å². The molecule has 0 heterocycles. The van der Waals surface area contributed by atoms with E-state index in [2.05, 4.69) is 26.1 Å². The molecule has 0 fully saturated rings. The average Bonchev–Trinajstić information content (AvgIpc) is 2.27. The highest BCUT2D eigenvalue weighted by Crippen LogP contribution is 2.21. The van der Waals surface area contributed by atoms with Crippen LogP contribution in [0.1, 0.15) is 61.3 Å². The summed E-state index contributed by atoms with van der Waals surface area (Å²) in [5.74, 6) is -0.201. The third kappa shape index (κ3) is 7.85. The third-order valence-electron chi connectivity index (χ3n) is 3.24. The third-order valence-corrected chi connectivity index (χ3v) is 3.24. The molecule has 1 N–H and O–H groups in total. The van der Waals surface area contributed by atoms with E-state index in [1.165, 1.54) is 0 Å². The van der Waals surface area contributed by atoms with Crippen LogP contribution in [0.3, 0.4) is 0 Å². The van der Waals surface area contributed by atoms with Gasteiger partial charge in [0, 0.05) is 13.0 Å². The van der Waals surface area contributed by atoms with Crippen molar-refractivity contribution in [3.8, 4) is 0 Å². The molecular formula is C16H33NO3. The molecule has 4 heteroatoms. The SMILES string of the molecule is CCNC(C)(CC(C)OCCC(C)(C)C)C(=O)OCC. The minimum atomic E-state index is -0.675. The molecule has 0 aromatic carbocycles. The highest BCUT2D eigenvalue weighted by molar-refractivity contribution is 5.80. The fourth-order valence-electron chi connectivity index (χ4n) is 2.11. The standard InChI is InChI=1S/C16H33NO3/c1-8-17-16(7,14(18)19-9-2)12-13(3)20-11-10-15(4,5)6/h13,17H,8-12H2,1-7H3. The number of carbonyl (C=O) groups is 1. The van der Waals surface area contributed by atoms with Crippen LogP contribution in [-0.4, -0.2) is 37.4 Å². The predicted octanol–water partition coefficient (Wildman–Crippen LogP) is 3.15. The minimum absolute atomic E-state index is 0.0193. The molecule has 2 unspecified atom stereocenters. The molecule has 4 nitrogen and oxygen atoms in total. The van der Waals surface area contributed by atoms with Crippen molar-refractivity contribution < 1.29 is 14.3 Å². The molecule has 0 aromatic heterocycles. The number of hydrogen-bond donors (Lipinski definition) is 1. The van der Waals surface area contributed by atoms with E-state index in [-0.39, 0.29) is 17.5 Å². The molecule has 0 aromatic rings. The lowest BCUT2D eigenvalue weighted by molar-refractivity contribution is -0.152. The summed E-state index contributed by atoms with van der Waals surface area (Å²) in [4.78, 5) is 12.1. The van der Waals surface area contributed by atoms with E-state index in [1.54, 1.807) is 0 Å². The van der Waals surface area contributed by atoms with Crippen LogP contribution in [-0.2, 0) is 14.3 Å². The van der Waals surface area contributed by atoms with Crippen molar-refractivity contribution >= 4 is 5.97 Å². The summed E-state index contributed by atoms with van der Waals surface area (Å²) in [7, 11) is 0. The van der Waals surface area contributed by atoms with Gasteiger partial charge in [-0.25, -0.2) is 0 Å². The molecule has 0 aliphatic heterocycles. The number of nitrogens with one attached hydrogen (secondary N) is 1. The first-order chi connectivity index (χ1) is 9.14. The van der Waals surface area contributed by atoms with Gasteiger partial charge in [0.2, 0.25) is 0 Å². The van der Waals surface area contributed by atoms with Crippen molar-refractivity contribution in [3.63, 3.8) is 0 Å². The summed E-state index contributed by atoms with van der Waals surface area (Å²) in [6.07, 6.45) is 1.64. The number of likely N-dealkylation sites (N-methyl/N-ethyl adjacent to an activating group) is 1. The van der Waals surface area contributed by atoms with Crippen LogP contribution < -0.4 is 5.32 Å². The second-order valence-corrected chi connectivity index (χ2v) is 6.78. The van der Waals surface area contributed by atoms with Gasteiger partial charge in [-0.2, -0.15) is 0 Å². The number of esters is 1. The highest BCUT2D eigenvalue weighted by atomic mass is 16.5. The van der Waals surface area contributed by atoms with Crippen LogP contribution in [0.2, 0.25) is 0 Å². The molecule has 0 saturated carbocycles. The van der Waals surface area contributed by atoms with Crippen LogP contribution in [0, 0.1) is 5.41 Å². The van der Waals surface area contributed by atoms with Gasteiger partial charge in [0.25, 0.3) is 0 Å². The quantitative estimate of drug-likeness (QED) is 0.662. The van der Waals surface area contributed by atoms with Crippen molar-refractivity contribution in [2.24, 2.45) is 5.41 Å². The zero-order valence-corrected chi connectivity index (χ0v) is 14.3. The molecular weight excluding hydrogens is 254 g/mol. The topological polar surface area (TPSA) is 47.6 Å². The van der Waals surface area contributed by atoms with E-state index in [4.69, 9.17) is 9.47 Å². The molecule has 0 radical (unpaired) electrons. The summed E-state index contributed by atoms with van der Waals surface area (Å²) in [5, 5.41) is 3.23.